The smallest absolute Gasteiger partial charge is 0.333 e. The molecule has 3 aromatic rings. The fraction of sp³-hybridized carbons (Fsp3) is 0.417. The topological polar surface area (TPSA) is 56.8 Å². The van der Waals surface area contributed by atoms with Crippen molar-refractivity contribution >= 4 is 23.4 Å². The maximum absolute atomic E-state index is 11.5. The summed E-state index contributed by atoms with van der Waals surface area (Å²) in [5, 5.41) is 3.29. The van der Waals surface area contributed by atoms with Crippen molar-refractivity contribution in [2.75, 3.05) is 30.8 Å². The number of nitrogens with one attached hydrogen (secondary N) is 1. The quantitative estimate of drug-likeness (QED) is 0.0736. The molecule has 0 saturated heterocycles. The molecule has 0 saturated carbocycles. The van der Waals surface area contributed by atoms with Gasteiger partial charge in [-0.1, -0.05) is 63.7 Å². The highest BCUT2D eigenvalue weighted by Gasteiger charge is 2.15. The predicted molar refractivity (Wildman–Crippen MR) is 176 cm³/mol. The molecule has 0 amide bonds. The number of carbonyl (C=O) groups is 1. The molecule has 42 heavy (non-hydrogen) atoms. The summed E-state index contributed by atoms with van der Waals surface area (Å²) in [6.07, 6.45) is 1.09. The summed E-state index contributed by atoms with van der Waals surface area (Å²) in [5.41, 5.74) is 5.33. The summed E-state index contributed by atoms with van der Waals surface area (Å²) in [4.78, 5) is 12.7. The van der Waals surface area contributed by atoms with E-state index in [4.69, 9.17) is 14.2 Å². The summed E-state index contributed by atoms with van der Waals surface area (Å²) in [7, 11) is 0. The molecular formula is C36H47NO4S. The van der Waals surface area contributed by atoms with Crippen LogP contribution in [0.2, 0.25) is 0 Å². The first-order valence-electron chi connectivity index (χ1n) is 14.9. The zero-order chi connectivity index (χ0) is 30.5. The Hall–Kier alpha value is -3.22. The van der Waals surface area contributed by atoms with Gasteiger partial charge in [-0.2, -0.15) is 0 Å². The predicted octanol–water partition coefficient (Wildman–Crippen LogP) is 8.65. The van der Waals surface area contributed by atoms with Gasteiger partial charge in [-0.3, -0.25) is 0 Å². The summed E-state index contributed by atoms with van der Waals surface area (Å²) < 4.78 is 17.4. The van der Waals surface area contributed by atoms with Crippen LogP contribution >= 0.6 is 11.8 Å². The Balaban J connectivity index is 1.49. The second-order valence-corrected chi connectivity index (χ2v) is 12.5. The number of anilines is 1. The summed E-state index contributed by atoms with van der Waals surface area (Å²) in [6, 6.07) is 25.7. The van der Waals surface area contributed by atoms with Gasteiger partial charge in [0.25, 0.3) is 0 Å². The van der Waals surface area contributed by atoms with Crippen LogP contribution in [0.5, 0.6) is 5.75 Å². The number of ether oxygens (including phenoxy) is 3. The van der Waals surface area contributed by atoms with E-state index in [9.17, 15) is 4.79 Å². The van der Waals surface area contributed by atoms with E-state index in [-0.39, 0.29) is 18.2 Å². The molecule has 3 aromatic carbocycles. The van der Waals surface area contributed by atoms with Crippen molar-refractivity contribution in [3.05, 3.63) is 102 Å². The van der Waals surface area contributed by atoms with Crippen LogP contribution < -0.4 is 10.1 Å². The lowest BCUT2D eigenvalue weighted by Gasteiger charge is -2.21. The van der Waals surface area contributed by atoms with Crippen LogP contribution in [0.4, 0.5) is 5.69 Å². The normalized spacial score (nSPS) is 12.7. The SMILES string of the molecule is C=C(C)C(=O)OCCNc1ccc(C(C)Cc2cccc(SCC(COc3ccc(C(C)C)cc3)OC(C)C)c2)cc1. The zero-order valence-electron chi connectivity index (χ0n) is 26.0. The Morgan fingerprint density at radius 2 is 1.62 bits per heavy atom. The number of carbonyl (C=O) groups excluding carboxylic acids is 1. The van der Waals surface area contributed by atoms with E-state index in [2.05, 4.69) is 107 Å². The van der Waals surface area contributed by atoms with Crippen LogP contribution in [0.1, 0.15) is 70.1 Å². The molecule has 0 heterocycles. The Labute approximate surface area is 257 Å². The molecule has 0 spiro atoms. The minimum atomic E-state index is -0.357. The fourth-order valence-corrected chi connectivity index (χ4v) is 5.43. The third kappa shape index (κ3) is 11.6. The number of rotatable bonds is 17. The van der Waals surface area contributed by atoms with Crippen molar-refractivity contribution in [3.8, 4) is 5.75 Å². The highest BCUT2D eigenvalue weighted by atomic mass is 32.2. The summed E-state index contributed by atoms with van der Waals surface area (Å²) in [6.45, 7) is 17.4. The maximum Gasteiger partial charge on any atom is 0.333 e. The molecule has 6 heteroatoms. The lowest BCUT2D eigenvalue weighted by atomic mass is 9.93. The Bertz CT molecular complexity index is 1250. The van der Waals surface area contributed by atoms with E-state index in [1.54, 1.807) is 6.92 Å². The van der Waals surface area contributed by atoms with Gasteiger partial charge in [0.2, 0.25) is 0 Å². The van der Waals surface area contributed by atoms with Crippen molar-refractivity contribution in [1.29, 1.82) is 0 Å². The van der Waals surface area contributed by atoms with E-state index in [0.717, 1.165) is 23.6 Å². The molecular weight excluding hydrogens is 542 g/mol. The molecule has 2 atom stereocenters. The third-order valence-electron chi connectivity index (χ3n) is 6.82. The van der Waals surface area contributed by atoms with Gasteiger partial charge in [0, 0.05) is 28.5 Å². The van der Waals surface area contributed by atoms with E-state index >= 15 is 0 Å². The van der Waals surface area contributed by atoms with Crippen molar-refractivity contribution in [2.45, 2.75) is 76.9 Å². The van der Waals surface area contributed by atoms with Gasteiger partial charge in [0.15, 0.2) is 0 Å². The second-order valence-electron chi connectivity index (χ2n) is 11.4. The van der Waals surface area contributed by atoms with E-state index in [1.165, 1.54) is 21.6 Å². The molecule has 0 aromatic heterocycles. The first-order chi connectivity index (χ1) is 20.1. The van der Waals surface area contributed by atoms with E-state index < -0.39 is 0 Å². The highest BCUT2D eigenvalue weighted by molar-refractivity contribution is 7.99. The number of hydrogen-bond acceptors (Lipinski definition) is 6. The van der Waals surface area contributed by atoms with E-state index in [1.807, 2.05) is 23.9 Å². The zero-order valence-corrected chi connectivity index (χ0v) is 26.8. The molecule has 2 unspecified atom stereocenters. The van der Waals surface area contributed by atoms with Crippen molar-refractivity contribution in [3.63, 3.8) is 0 Å². The lowest BCUT2D eigenvalue weighted by Crippen LogP contribution is -2.27. The van der Waals surface area contributed by atoms with Crippen LogP contribution in [0.25, 0.3) is 0 Å². The van der Waals surface area contributed by atoms with Gasteiger partial charge in [-0.15, -0.1) is 11.8 Å². The van der Waals surface area contributed by atoms with Gasteiger partial charge >= 0.3 is 5.97 Å². The van der Waals surface area contributed by atoms with Gasteiger partial charge < -0.3 is 19.5 Å². The molecule has 0 aliphatic carbocycles. The van der Waals surface area contributed by atoms with Crippen molar-refractivity contribution < 1.29 is 19.0 Å². The monoisotopic (exact) mass is 589 g/mol. The van der Waals surface area contributed by atoms with Crippen molar-refractivity contribution in [1.82, 2.24) is 0 Å². The Morgan fingerprint density at radius 1 is 0.929 bits per heavy atom. The number of thioether (sulfide) groups is 1. The molecule has 0 radical (unpaired) electrons. The van der Waals surface area contributed by atoms with Crippen LogP contribution in [-0.4, -0.2) is 43.7 Å². The standard InChI is InChI=1S/C36H47NO4S/c1-25(2)30-13-17-33(18-14-30)40-23-34(41-27(5)6)24-42-35-10-8-9-29(22-35)21-28(7)31-11-15-32(16-12-31)37-19-20-39-36(38)26(3)4/h8-18,22,25,27-28,34,37H,3,19-21,23-24H2,1-2,4-7H3. The molecule has 0 aliphatic heterocycles. The average Bonchev–Trinajstić information content (AvgIpc) is 2.97. The molecule has 226 valence electrons. The molecule has 0 fully saturated rings. The molecule has 0 bridgehead atoms. The molecule has 1 N–H and O–H groups in total. The number of hydrogen-bond donors (Lipinski definition) is 1. The summed E-state index contributed by atoms with van der Waals surface area (Å²) in [5.74, 6) is 2.23. The van der Waals surface area contributed by atoms with Gasteiger partial charge in [-0.25, -0.2) is 4.79 Å². The Morgan fingerprint density at radius 3 is 2.26 bits per heavy atom. The van der Waals surface area contributed by atoms with Crippen LogP contribution in [0, 0.1) is 0 Å². The molecule has 5 nitrogen and oxygen atoms in total. The first kappa shape index (κ1) is 33.3. The fourth-order valence-electron chi connectivity index (χ4n) is 4.46. The largest absolute Gasteiger partial charge is 0.491 e. The van der Waals surface area contributed by atoms with Crippen LogP contribution in [-0.2, 0) is 20.7 Å². The van der Waals surface area contributed by atoms with Crippen LogP contribution in [0.3, 0.4) is 0 Å². The highest BCUT2D eigenvalue weighted by Crippen LogP contribution is 2.27. The van der Waals surface area contributed by atoms with Gasteiger partial charge in [0.1, 0.15) is 25.1 Å². The molecule has 3 rings (SSSR count). The minimum Gasteiger partial charge on any atom is -0.491 e. The number of benzene rings is 3. The average molecular weight is 590 g/mol. The minimum absolute atomic E-state index is 0.00682. The van der Waals surface area contributed by atoms with Crippen molar-refractivity contribution in [2.24, 2.45) is 0 Å². The first-order valence-corrected chi connectivity index (χ1v) is 15.9. The van der Waals surface area contributed by atoms with E-state index in [0.29, 0.717) is 37.2 Å². The Kier molecular flexibility index (Phi) is 13.5. The maximum atomic E-state index is 11.5. The van der Waals surface area contributed by atoms with Gasteiger partial charge in [-0.05, 0) is 92.1 Å². The number of esters is 1. The lowest BCUT2D eigenvalue weighted by molar-refractivity contribution is -0.138. The third-order valence-corrected chi connectivity index (χ3v) is 7.94. The summed E-state index contributed by atoms with van der Waals surface area (Å²) >= 11 is 1.81. The van der Waals surface area contributed by atoms with Crippen LogP contribution in [0.15, 0.2) is 89.8 Å². The van der Waals surface area contributed by atoms with Gasteiger partial charge in [0.05, 0.1) is 6.10 Å². The molecule has 0 aliphatic rings. The second kappa shape index (κ2) is 17.0.